The fourth-order valence-corrected chi connectivity index (χ4v) is 1.90. The van der Waals surface area contributed by atoms with Crippen molar-refractivity contribution in [3.63, 3.8) is 0 Å². The average Bonchev–Trinajstić information content (AvgIpc) is 2.24. The molecule has 0 aliphatic rings. The lowest BCUT2D eigenvalue weighted by Crippen LogP contribution is -2.15. The zero-order valence-corrected chi connectivity index (χ0v) is 13.8. The van der Waals surface area contributed by atoms with Crippen molar-refractivity contribution in [2.75, 3.05) is 0 Å². The average molecular weight is 250 g/mol. The predicted octanol–water partition coefficient (Wildman–Crippen LogP) is 6.06. The topological polar surface area (TPSA) is 0 Å². The molecule has 0 fully saturated rings. The van der Waals surface area contributed by atoms with Gasteiger partial charge in [-0.05, 0) is 29.6 Å². The summed E-state index contributed by atoms with van der Waals surface area (Å²) < 4.78 is 0. The third-order valence-electron chi connectivity index (χ3n) is 3.78. The minimum atomic E-state index is 0.346. The lowest BCUT2D eigenvalue weighted by Gasteiger charge is -2.28. The third-order valence-corrected chi connectivity index (χ3v) is 3.78. The van der Waals surface area contributed by atoms with Crippen LogP contribution in [-0.2, 0) is 0 Å². The van der Waals surface area contributed by atoms with Crippen LogP contribution in [0.5, 0.6) is 0 Å². The Hall–Kier alpha value is -0.440. The molecule has 0 amide bonds. The van der Waals surface area contributed by atoms with E-state index in [4.69, 9.17) is 0 Å². The molecule has 0 nitrogen and oxygen atoms in total. The van der Waals surface area contributed by atoms with E-state index in [-0.39, 0.29) is 0 Å². The Morgan fingerprint density at radius 2 is 1.56 bits per heavy atom. The van der Waals surface area contributed by atoms with Crippen molar-refractivity contribution < 1.29 is 0 Å². The number of rotatable bonds is 6. The fraction of sp³-hybridized carbons (Fsp3) is 0.889. The summed E-state index contributed by atoms with van der Waals surface area (Å²) in [4.78, 5) is 0. The van der Waals surface area contributed by atoms with Crippen molar-refractivity contribution in [2.45, 2.75) is 87.0 Å². The summed E-state index contributed by atoms with van der Waals surface area (Å²) in [5, 5.41) is 0. The van der Waals surface area contributed by atoms with E-state index in [9.17, 15) is 0 Å². The molecule has 0 heteroatoms. The van der Waals surface area contributed by atoms with Crippen molar-refractivity contribution in [1.82, 2.24) is 0 Å². The first-order valence-electron chi connectivity index (χ1n) is 7.64. The highest BCUT2D eigenvalue weighted by Gasteiger charge is 2.21. The molecule has 0 saturated heterocycles. The van der Waals surface area contributed by atoms with E-state index in [0.29, 0.717) is 10.8 Å². The maximum Gasteiger partial charge on any atom is 0.0137 e. The van der Waals surface area contributed by atoms with E-state index in [2.05, 4.69) is 60.3 Å². The molecule has 0 heterocycles. The quantitative estimate of drug-likeness (QED) is 0.503. The van der Waals surface area contributed by atoms with Crippen LogP contribution in [0.1, 0.15) is 87.0 Å². The van der Waals surface area contributed by atoms with Gasteiger partial charge < -0.3 is 0 Å². The lowest BCUT2D eigenvalue weighted by atomic mass is 9.77. The smallest absolute Gasteiger partial charge is 0.0137 e. The summed E-state index contributed by atoms with van der Waals surface area (Å²) >= 11 is 0. The van der Waals surface area contributed by atoms with Crippen molar-refractivity contribution in [3.8, 4) is 11.8 Å². The second-order valence-electron chi connectivity index (χ2n) is 7.69. The molecule has 0 aliphatic carbocycles. The Bertz CT molecular complexity index is 269. The van der Waals surface area contributed by atoms with Crippen LogP contribution < -0.4 is 0 Å². The molecule has 0 saturated carbocycles. The van der Waals surface area contributed by atoms with Gasteiger partial charge in [0.2, 0.25) is 0 Å². The maximum absolute atomic E-state index is 3.37. The van der Waals surface area contributed by atoms with Gasteiger partial charge in [0.05, 0.1) is 0 Å². The van der Waals surface area contributed by atoms with Gasteiger partial charge in [-0.15, -0.1) is 11.8 Å². The summed E-state index contributed by atoms with van der Waals surface area (Å²) in [5.74, 6) is 7.53. The summed E-state index contributed by atoms with van der Waals surface area (Å²) in [6.45, 7) is 16.1. The fourth-order valence-electron chi connectivity index (χ4n) is 1.90. The summed E-state index contributed by atoms with van der Waals surface area (Å²) in [6, 6.07) is 0. The first-order chi connectivity index (χ1) is 8.18. The van der Waals surface area contributed by atoms with Gasteiger partial charge in [-0.1, -0.05) is 61.3 Å². The van der Waals surface area contributed by atoms with Crippen LogP contribution in [0, 0.1) is 28.6 Å². The summed E-state index contributed by atoms with van der Waals surface area (Å²) in [7, 11) is 0. The molecule has 1 atom stereocenters. The van der Waals surface area contributed by atoms with E-state index in [1.807, 2.05) is 0 Å². The third kappa shape index (κ3) is 9.58. The second kappa shape index (κ2) is 7.88. The van der Waals surface area contributed by atoms with Gasteiger partial charge >= 0.3 is 0 Å². The normalized spacial score (nSPS) is 15.1. The van der Waals surface area contributed by atoms with Crippen LogP contribution in [0.15, 0.2) is 0 Å². The molecule has 1 unspecified atom stereocenters. The molecule has 0 spiro atoms. The first-order valence-corrected chi connectivity index (χ1v) is 7.64. The summed E-state index contributed by atoms with van der Waals surface area (Å²) in [6.07, 6.45) is 7.32. The van der Waals surface area contributed by atoms with Crippen LogP contribution >= 0.6 is 0 Å². The van der Waals surface area contributed by atoms with E-state index >= 15 is 0 Å². The molecule has 0 aromatic rings. The molecule has 0 aromatic heterocycles. The van der Waals surface area contributed by atoms with Gasteiger partial charge in [0.1, 0.15) is 0 Å². The SMILES string of the molecule is CCC(C)(CCC#CCC(C)(C)C)CCC(C)C. The van der Waals surface area contributed by atoms with Gasteiger partial charge in [-0.25, -0.2) is 0 Å². The van der Waals surface area contributed by atoms with Crippen molar-refractivity contribution >= 4 is 0 Å². The van der Waals surface area contributed by atoms with E-state index in [0.717, 1.165) is 18.8 Å². The van der Waals surface area contributed by atoms with Gasteiger partial charge in [0.15, 0.2) is 0 Å². The van der Waals surface area contributed by atoms with Gasteiger partial charge in [-0.2, -0.15) is 0 Å². The molecule has 0 N–H and O–H groups in total. The highest BCUT2D eigenvalue weighted by molar-refractivity contribution is 5.01. The Labute approximate surface area is 116 Å². The maximum atomic E-state index is 3.37. The number of hydrogen-bond acceptors (Lipinski definition) is 0. The standard InChI is InChI=1S/C18H34/c1-8-18(7,15-12-16(2)3)14-11-9-10-13-17(4,5)6/h16H,8,11-15H2,1-7H3. The molecule has 106 valence electrons. The minimum absolute atomic E-state index is 0.346. The second-order valence-corrected chi connectivity index (χ2v) is 7.69. The van der Waals surface area contributed by atoms with Crippen LogP contribution in [0.2, 0.25) is 0 Å². The molecule has 0 aromatic carbocycles. The van der Waals surface area contributed by atoms with E-state index < -0.39 is 0 Å². The van der Waals surface area contributed by atoms with E-state index in [1.165, 1.54) is 25.7 Å². The van der Waals surface area contributed by atoms with Crippen molar-refractivity contribution in [1.29, 1.82) is 0 Å². The van der Waals surface area contributed by atoms with E-state index in [1.54, 1.807) is 0 Å². The monoisotopic (exact) mass is 250 g/mol. The molecule has 0 rings (SSSR count). The Morgan fingerprint density at radius 1 is 0.944 bits per heavy atom. The Kier molecular flexibility index (Phi) is 7.69. The predicted molar refractivity (Wildman–Crippen MR) is 83.6 cm³/mol. The molecular weight excluding hydrogens is 216 g/mol. The van der Waals surface area contributed by atoms with Gasteiger partial charge in [0, 0.05) is 12.8 Å². The highest BCUT2D eigenvalue weighted by atomic mass is 14.3. The summed E-state index contributed by atoms with van der Waals surface area (Å²) in [5.41, 5.74) is 0.847. The van der Waals surface area contributed by atoms with Gasteiger partial charge in [-0.3, -0.25) is 0 Å². The largest absolute Gasteiger partial charge is 0.103 e. The van der Waals surface area contributed by atoms with Crippen LogP contribution in [0.25, 0.3) is 0 Å². The number of hydrogen-bond donors (Lipinski definition) is 0. The molecule has 0 aliphatic heterocycles. The van der Waals surface area contributed by atoms with Crippen molar-refractivity contribution in [2.24, 2.45) is 16.7 Å². The Morgan fingerprint density at radius 3 is 2.00 bits per heavy atom. The molecule has 18 heavy (non-hydrogen) atoms. The zero-order chi connectivity index (χ0) is 14.2. The molecule has 0 bridgehead atoms. The zero-order valence-electron chi connectivity index (χ0n) is 13.8. The Balaban J connectivity index is 4.06. The molecular formula is C18H34. The first kappa shape index (κ1) is 17.6. The lowest BCUT2D eigenvalue weighted by molar-refractivity contribution is 0.244. The van der Waals surface area contributed by atoms with Crippen LogP contribution in [0.3, 0.4) is 0 Å². The van der Waals surface area contributed by atoms with Crippen LogP contribution in [0.4, 0.5) is 0 Å². The van der Waals surface area contributed by atoms with Crippen molar-refractivity contribution in [3.05, 3.63) is 0 Å². The highest BCUT2D eigenvalue weighted by Crippen LogP contribution is 2.33. The van der Waals surface area contributed by atoms with Gasteiger partial charge in [0.25, 0.3) is 0 Å². The minimum Gasteiger partial charge on any atom is -0.103 e. The van der Waals surface area contributed by atoms with Crippen LogP contribution in [-0.4, -0.2) is 0 Å². The molecule has 0 radical (unpaired) electrons.